The van der Waals surface area contributed by atoms with Crippen molar-refractivity contribution in [2.45, 2.75) is 39.5 Å². The average molecular weight is 523 g/mol. The number of benzene rings is 2. The first kappa shape index (κ1) is 25.4. The molecule has 2 amide bonds. The van der Waals surface area contributed by atoms with Crippen molar-refractivity contribution < 1.29 is 9.59 Å². The third-order valence-electron chi connectivity index (χ3n) is 7.07. The Labute approximate surface area is 225 Å². The van der Waals surface area contributed by atoms with Gasteiger partial charge in [0, 0.05) is 45.1 Å². The Balaban J connectivity index is 0.000000937. The summed E-state index contributed by atoms with van der Waals surface area (Å²) in [6.45, 7) is 4.21. The van der Waals surface area contributed by atoms with Gasteiger partial charge in [0.05, 0.1) is 4.88 Å². The molecule has 6 nitrogen and oxygen atoms in total. The van der Waals surface area contributed by atoms with Crippen molar-refractivity contribution in [2.75, 3.05) is 5.32 Å². The van der Waals surface area contributed by atoms with E-state index in [0.29, 0.717) is 0 Å². The fraction of sp³-hybridized carbons (Fsp3) is 0.194. The number of nitrogens with one attached hydrogen (secondary N) is 2. The molecule has 0 aliphatic heterocycles. The van der Waals surface area contributed by atoms with E-state index in [1.165, 1.54) is 34.2 Å². The van der Waals surface area contributed by atoms with Crippen LogP contribution in [0.2, 0.25) is 0 Å². The molecule has 2 aromatic carbocycles. The Bertz CT molecular complexity index is 1590. The molecule has 0 radical (unpaired) electrons. The number of nitrogens with two attached hydrogens (primary N) is 1. The molecule has 5 aromatic rings. The molecule has 0 unspecified atom stereocenters. The molecule has 0 atom stereocenters. The van der Waals surface area contributed by atoms with Crippen LogP contribution in [0.5, 0.6) is 0 Å². The molecule has 0 fully saturated rings. The summed E-state index contributed by atoms with van der Waals surface area (Å²) >= 11 is 1.65. The first-order chi connectivity index (χ1) is 18.5. The number of thiophene rings is 1. The lowest BCUT2D eigenvalue weighted by molar-refractivity contribution is -0.106. The summed E-state index contributed by atoms with van der Waals surface area (Å²) in [7, 11) is 0. The van der Waals surface area contributed by atoms with E-state index in [2.05, 4.69) is 71.3 Å². The third kappa shape index (κ3) is 4.97. The number of primary amides is 1. The molecule has 1 aliphatic carbocycles. The number of fused-ring (bicyclic) bond motifs is 2. The number of aryl methyl sites for hydroxylation is 3. The minimum absolute atomic E-state index is 0.0146. The Morgan fingerprint density at radius 2 is 1.87 bits per heavy atom. The van der Waals surface area contributed by atoms with Crippen LogP contribution in [0.4, 0.5) is 5.69 Å². The van der Waals surface area contributed by atoms with Gasteiger partial charge in [-0.3, -0.25) is 14.6 Å². The monoisotopic (exact) mass is 522 g/mol. The summed E-state index contributed by atoms with van der Waals surface area (Å²) < 4.78 is 0. The van der Waals surface area contributed by atoms with Gasteiger partial charge in [0.15, 0.2) is 0 Å². The predicted octanol–water partition coefficient (Wildman–Crippen LogP) is 6.81. The maximum absolute atomic E-state index is 13.1. The fourth-order valence-corrected chi connectivity index (χ4v) is 6.27. The molecule has 3 heterocycles. The van der Waals surface area contributed by atoms with Crippen LogP contribution in [0.15, 0.2) is 67.0 Å². The van der Waals surface area contributed by atoms with Gasteiger partial charge in [-0.15, -0.1) is 11.3 Å². The number of anilines is 1. The van der Waals surface area contributed by atoms with Gasteiger partial charge in [-0.05, 0) is 97.7 Å². The molecular weight excluding hydrogens is 492 g/mol. The lowest BCUT2D eigenvalue weighted by atomic mass is 9.95. The van der Waals surface area contributed by atoms with E-state index >= 15 is 0 Å². The zero-order chi connectivity index (χ0) is 26.6. The van der Waals surface area contributed by atoms with Gasteiger partial charge in [-0.1, -0.05) is 24.3 Å². The Hall–Kier alpha value is -4.23. The molecule has 0 bridgehead atoms. The molecule has 6 rings (SSSR count). The van der Waals surface area contributed by atoms with E-state index in [1.54, 1.807) is 17.5 Å². The van der Waals surface area contributed by atoms with E-state index < -0.39 is 0 Å². The Morgan fingerprint density at radius 3 is 2.63 bits per heavy atom. The van der Waals surface area contributed by atoms with Crippen LogP contribution in [-0.4, -0.2) is 22.3 Å². The highest BCUT2D eigenvalue weighted by atomic mass is 32.1. The van der Waals surface area contributed by atoms with Crippen LogP contribution in [-0.2, 0) is 17.6 Å². The second kappa shape index (κ2) is 11.0. The number of pyridine rings is 1. The second-order valence-corrected chi connectivity index (χ2v) is 10.6. The molecule has 0 saturated heterocycles. The van der Waals surface area contributed by atoms with Crippen LogP contribution in [0.3, 0.4) is 0 Å². The number of carbonyl (C=O) groups excluding carboxylic acids is 2. The van der Waals surface area contributed by atoms with Crippen molar-refractivity contribution in [3.05, 3.63) is 93.4 Å². The van der Waals surface area contributed by atoms with Crippen molar-refractivity contribution in [3.8, 4) is 22.4 Å². The SMILES string of the molecule is Cc1c(NC(=O)c2cc3c(s2)CCCC3)cccc1-c1ccc(C)c2[nH]c(-c3cccnc3)cc12.NC=O. The third-order valence-corrected chi connectivity index (χ3v) is 8.30. The van der Waals surface area contributed by atoms with Crippen molar-refractivity contribution in [3.63, 3.8) is 0 Å². The number of rotatable bonds is 4. The highest BCUT2D eigenvalue weighted by Crippen LogP contribution is 2.37. The minimum atomic E-state index is -0.0146. The van der Waals surface area contributed by atoms with Crippen LogP contribution in [0.1, 0.15) is 44.1 Å². The topological polar surface area (TPSA) is 101 Å². The number of aromatic nitrogens is 2. The summed E-state index contributed by atoms with van der Waals surface area (Å²) in [5.74, 6) is -0.0146. The summed E-state index contributed by atoms with van der Waals surface area (Å²) in [6, 6.07) is 18.8. The molecule has 1 aliphatic rings. The zero-order valence-electron chi connectivity index (χ0n) is 21.5. The Kier molecular flexibility index (Phi) is 7.38. The number of H-pyrrole nitrogens is 1. The summed E-state index contributed by atoms with van der Waals surface area (Å²) in [6.07, 6.45) is 8.56. The fourth-order valence-electron chi connectivity index (χ4n) is 5.12. The minimum Gasteiger partial charge on any atom is -0.372 e. The zero-order valence-corrected chi connectivity index (χ0v) is 22.3. The van der Waals surface area contributed by atoms with Crippen LogP contribution in [0.25, 0.3) is 33.3 Å². The number of hydrogen-bond acceptors (Lipinski definition) is 4. The molecule has 4 N–H and O–H groups in total. The number of carbonyl (C=O) groups is 2. The highest BCUT2D eigenvalue weighted by Gasteiger charge is 2.19. The van der Waals surface area contributed by atoms with Crippen LogP contribution in [0, 0.1) is 13.8 Å². The van der Waals surface area contributed by atoms with Gasteiger partial charge in [-0.2, -0.15) is 0 Å². The van der Waals surface area contributed by atoms with Gasteiger partial charge in [0.25, 0.3) is 5.91 Å². The first-order valence-electron chi connectivity index (χ1n) is 12.7. The number of hydrogen-bond donors (Lipinski definition) is 3. The molecule has 192 valence electrons. The molecule has 38 heavy (non-hydrogen) atoms. The van der Waals surface area contributed by atoms with Gasteiger partial charge in [0.2, 0.25) is 6.41 Å². The smallest absolute Gasteiger partial charge is 0.265 e. The van der Waals surface area contributed by atoms with Crippen molar-refractivity contribution >= 4 is 40.2 Å². The largest absolute Gasteiger partial charge is 0.372 e. The number of amides is 2. The predicted molar refractivity (Wildman–Crippen MR) is 156 cm³/mol. The van der Waals surface area contributed by atoms with E-state index in [0.717, 1.165) is 56.9 Å². The lowest BCUT2D eigenvalue weighted by Crippen LogP contribution is -2.11. The molecule has 3 aromatic heterocycles. The van der Waals surface area contributed by atoms with Gasteiger partial charge < -0.3 is 16.0 Å². The molecule has 0 saturated carbocycles. The van der Waals surface area contributed by atoms with Gasteiger partial charge in [0.1, 0.15) is 0 Å². The molecule has 0 spiro atoms. The first-order valence-corrected chi connectivity index (χ1v) is 13.5. The van der Waals surface area contributed by atoms with Crippen molar-refractivity contribution in [1.82, 2.24) is 9.97 Å². The summed E-state index contributed by atoms with van der Waals surface area (Å²) in [5.41, 5.74) is 14.1. The molecule has 7 heteroatoms. The van der Waals surface area contributed by atoms with Gasteiger partial charge in [-0.25, -0.2) is 0 Å². The second-order valence-electron chi connectivity index (χ2n) is 9.48. The van der Waals surface area contributed by atoms with Crippen LogP contribution < -0.4 is 11.1 Å². The standard InChI is InChI=1S/C30H27N3OS.CH3NO/c1-18-12-13-23(24-16-26(32-29(18)24)21-8-6-14-31-17-21)22-9-5-10-25(19(22)2)33-30(34)28-15-20-7-3-4-11-27(20)35-28;2-1-3/h5-6,8-10,12-17,32H,3-4,7,11H2,1-2H3,(H,33,34);1H,(H2,2,3). The van der Waals surface area contributed by atoms with E-state index in [-0.39, 0.29) is 12.3 Å². The Morgan fingerprint density at radius 1 is 1.05 bits per heavy atom. The summed E-state index contributed by atoms with van der Waals surface area (Å²) in [4.78, 5) is 31.8. The van der Waals surface area contributed by atoms with Crippen molar-refractivity contribution in [2.24, 2.45) is 5.73 Å². The summed E-state index contributed by atoms with van der Waals surface area (Å²) in [5, 5.41) is 4.36. The maximum Gasteiger partial charge on any atom is 0.265 e. The number of aromatic amines is 1. The highest BCUT2D eigenvalue weighted by molar-refractivity contribution is 7.14. The lowest BCUT2D eigenvalue weighted by Gasteiger charge is -2.14. The quantitative estimate of drug-likeness (QED) is 0.226. The van der Waals surface area contributed by atoms with E-state index in [9.17, 15) is 4.79 Å². The maximum atomic E-state index is 13.1. The van der Waals surface area contributed by atoms with Crippen molar-refractivity contribution in [1.29, 1.82) is 0 Å². The molecular formula is C31H30N4O2S. The average Bonchev–Trinajstić information content (AvgIpc) is 3.57. The van der Waals surface area contributed by atoms with E-state index in [4.69, 9.17) is 4.79 Å². The number of nitrogens with zero attached hydrogens (tertiary/aromatic N) is 1. The van der Waals surface area contributed by atoms with E-state index in [1.807, 2.05) is 24.4 Å². The van der Waals surface area contributed by atoms with Crippen LogP contribution >= 0.6 is 11.3 Å². The normalized spacial score (nSPS) is 12.4. The van der Waals surface area contributed by atoms with Gasteiger partial charge >= 0.3 is 0 Å².